The van der Waals surface area contributed by atoms with Crippen molar-refractivity contribution in [2.45, 2.75) is 39.0 Å². The monoisotopic (exact) mass is 236 g/mol. The maximum atomic E-state index is 3.53. The van der Waals surface area contributed by atoms with Crippen molar-refractivity contribution in [3.63, 3.8) is 0 Å². The Morgan fingerprint density at radius 3 is 2.12 bits per heavy atom. The van der Waals surface area contributed by atoms with Gasteiger partial charge >= 0.3 is 0 Å². The van der Waals surface area contributed by atoms with Crippen molar-refractivity contribution in [3.8, 4) is 0 Å². The highest BCUT2D eigenvalue weighted by Gasteiger charge is 2.31. The van der Waals surface area contributed by atoms with E-state index in [9.17, 15) is 0 Å². The number of hydrogen-bond donors (Lipinski definition) is 1. The van der Waals surface area contributed by atoms with E-state index in [-0.39, 0.29) is 0 Å². The Morgan fingerprint density at radius 2 is 1.59 bits per heavy atom. The first-order valence-corrected chi connectivity index (χ1v) is 7.74. The van der Waals surface area contributed by atoms with Gasteiger partial charge in [0.2, 0.25) is 0 Å². The van der Waals surface area contributed by atoms with Crippen LogP contribution >= 0.6 is 0 Å². The molecule has 2 atom stereocenters. The van der Waals surface area contributed by atoms with E-state index in [4.69, 9.17) is 0 Å². The average molecular weight is 236 g/mol. The first-order chi connectivity index (χ1) is 8.31. The molecule has 17 heavy (non-hydrogen) atoms. The lowest BCUT2D eigenvalue weighted by atomic mass is 9.87. The summed E-state index contributed by atoms with van der Waals surface area (Å²) in [5.41, 5.74) is 0. The fourth-order valence-corrected chi connectivity index (χ4v) is 3.23. The molecule has 1 N–H and O–H groups in total. The van der Waals surface area contributed by atoms with E-state index in [1.54, 1.807) is 0 Å². The molecule has 3 fully saturated rings. The molecule has 2 unspecified atom stereocenters. The maximum absolute atomic E-state index is 3.53. The van der Waals surface area contributed by atoms with Crippen LogP contribution in [0, 0.1) is 23.7 Å². The van der Waals surface area contributed by atoms with Crippen molar-refractivity contribution < 1.29 is 0 Å². The van der Waals surface area contributed by atoms with Gasteiger partial charge in [0.1, 0.15) is 0 Å². The molecular formula is C15H28N2. The summed E-state index contributed by atoms with van der Waals surface area (Å²) < 4.78 is 0. The lowest BCUT2D eigenvalue weighted by Crippen LogP contribution is -2.42. The fourth-order valence-electron chi connectivity index (χ4n) is 3.23. The molecular weight excluding hydrogens is 208 g/mol. The summed E-state index contributed by atoms with van der Waals surface area (Å²) in [6.07, 6.45) is 7.41. The molecule has 98 valence electrons. The Kier molecular flexibility index (Phi) is 3.72. The van der Waals surface area contributed by atoms with Crippen LogP contribution in [-0.4, -0.2) is 37.6 Å². The van der Waals surface area contributed by atoms with E-state index in [2.05, 4.69) is 17.1 Å². The highest BCUT2D eigenvalue weighted by atomic mass is 15.1. The van der Waals surface area contributed by atoms with Gasteiger partial charge < -0.3 is 10.2 Å². The van der Waals surface area contributed by atoms with Gasteiger partial charge in [-0.05, 0) is 68.9 Å². The van der Waals surface area contributed by atoms with Crippen molar-refractivity contribution >= 4 is 0 Å². The summed E-state index contributed by atoms with van der Waals surface area (Å²) in [7, 11) is 0. The first kappa shape index (κ1) is 12.0. The smallest absolute Gasteiger partial charge is 0.00134 e. The van der Waals surface area contributed by atoms with Crippen LogP contribution in [-0.2, 0) is 0 Å². The molecule has 0 aromatic rings. The zero-order valence-electron chi connectivity index (χ0n) is 11.3. The molecule has 0 bridgehead atoms. The third kappa shape index (κ3) is 3.69. The third-order valence-electron chi connectivity index (χ3n) is 4.88. The Balaban J connectivity index is 1.49. The predicted molar refractivity (Wildman–Crippen MR) is 72.0 cm³/mol. The van der Waals surface area contributed by atoms with Gasteiger partial charge in [0.05, 0.1) is 0 Å². The second-order valence-corrected chi connectivity index (χ2v) is 6.84. The minimum atomic E-state index is 0.879. The zero-order chi connectivity index (χ0) is 11.7. The average Bonchev–Trinajstić information content (AvgIpc) is 3.17. The van der Waals surface area contributed by atoms with Gasteiger partial charge in [0.15, 0.2) is 0 Å². The van der Waals surface area contributed by atoms with Crippen LogP contribution in [0.2, 0.25) is 0 Å². The molecule has 0 radical (unpaired) electrons. The summed E-state index contributed by atoms with van der Waals surface area (Å²) in [5.74, 6) is 3.95. The van der Waals surface area contributed by atoms with Crippen LogP contribution in [0.5, 0.6) is 0 Å². The SMILES string of the molecule is CC1CNCCC1CN(CC1CC1)CC1CC1. The second-order valence-electron chi connectivity index (χ2n) is 6.84. The Morgan fingerprint density at radius 1 is 0.941 bits per heavy atom. The molecule has 0 amide bonds. The van der Waals surface area contributed by atoms with Crippen molar-refractivity contribution in [3.05, 3.63) is 0 Å². The topological polar surface area (TPSA) is 15.3 Å². The minimum Gasteiger partial charge on any atom is -0.316 e. The molecule has 3 aliphatic rings. The second kappa shape index (κ2) is 5.27. The van der Waals surface area contributed by atoms with Crippen molar-refractivity contribution in [1.29, 1.82) is 0 Å². The maximum Gasteiger partial charge on any atom is 0.00134 e. The molecule has 2 nitrogen and oxygen atoms in total. The number of nitrogens with zero attached hydrogens (tertiary/aromatic N) is 1. The summed E-state index contributed by atoms with van der Waals surface area (Å²) in [4.78, 5) is 2.82. The van der Waals surface area contributed by atoms with Crippen LogP contribution in [0.1, 0.15) is 39.0 Å². The summed E-state index contributed by atoms with van der Waals surface area (Å²) in [6.45, 7) is 9.13. The highest BCUT2D eigenvalue weighted by Crippen LogP contribution is 2.34. The third-order valence-corrected chi connectivity index (χ3v) is 4.88. The van der Waals surface area contributed by atoms with Gasteiger partial charge in [-0.1, -0.05) is 6.92 Å². The van der Waals surface area contributed by atoms with Gasteiger partial charge in [-0.3, -0.25) is 0 Å². The summed E-state index contributed by atoms with van der Waals surface area (Å²) in [5, 5.41) is 3.53. The minimum absolute atomic E-state index is 0.879. The van der Waals surface area contributed by atoms with E-state index in [1.165, 1.54) is 64.8 Å². The van der Waals surface area contributed by atoms with Gasteiger partial charge in [-0.2, -0.15) is 0 Å². The first-order valence-electron chi connectivity index (χ1n) is 7.74. The van der Waals surface area contributed by atoms with E-state index in [0.29, 0.717) is 0 Å². The van der Waals surface area contributed by atoms with Gasteiger partial charge in [0.25, 0.3) is 0 Å². The van der Waals surface area contributed by atoms with E-state index in [0.717, 1.165) is 23.7 Å². The summed E-state index contributed by atoms with van der Waals surface area (Å²) in [6, 6.07) is 0. The van der Waals surface area contributed by atoms with Crippen molar-refractivity contribution in [2.24, 2.45) is 23.7 Å². The van der Waals surface area contributed by atoms with Gasteiger partial charge in [0, 0.05) is 19.6 Å². The van der Waals surface area contributed by atoms with E-state index >= 15 is 0 Å². The highest BCUT2D eigenvalue weighted by molar-refractivity contribution is 4.85. The fraction of sp³-hybridized carbons (Fsp3) is 1.00. The lowest BCUT2D eigenvalue weighted by molar-refractivity contribution is 0.158. The lowest BCUT2D eigenvalue weighted by Gasteiger charge is -2.34. The van der Waals surface area contributed by atoms with Crippen LogP contribution in [0.4, 0.5) is 0 Å². The van der Waals surface area contributed by atoms with Crippen molar-refractivity contribution in [1.82, 2.24) is 10.2 Å². The van der Waals surface area contributed by atoms with Crippen LogP contribution in [0.15, 0.2) is 0 Å². The largest absolute Gasteiger partial charge is 0.316 e. The number of hydrogen-bond acceptors (Lipinski definition) is 2. The Hall–Kier alpha value is -0.0800. The van der Waals surface area contributed by atoms with Gasteiger partial charge in [-0.15, -0.1) is 0 Å². The normalized spacial score (nSPS) is 34.2. The van der Waals surface area contributed by atoms with Crippen LogP contribution in [0.25, 0.3) is 0 Å². The van der Waals surface area contributed by atoms with Crippen LogP contribution in [0.3, 0.4) is 0 Å². The Bertz CT molecular complexity index is 231. The molecule has 2 heteroatoms. The molecule has 1 aliphatic heterocycles. The van der Waals surface area contributed by atoms with Gasteiger partial charge in [-0.25, -0.2) is 0 Å². The number of piperidine rings is 1. The van der Waals surface area contributed by atoms with E-state index < -0.39 is 0 Å². The van der Waals surface area contributed by atoms with Crippen molar-refractivity contribution in [2.75, 3.05) is 32.7 Å². The summed E-state index contributed by atoms with van der Waals surface area (Å²) >= 11 is 0. The quantitative estimate of drug-likeness (QED) is 0.761. The number of nitrogens with one attached hydrogen (secondary N) is 1. The molecule has 0 aromatic heterocycles. The Labute approximate surface area is 106 Å². The standard InChI is InChI=1S/C15H28N2/c1-12-8-16-7-6-15(12)11-17(9-13-2-3-13)10-14-4-5-14/h12-16H,2-11H2,1H3. The number of rotatable bonds is 6. The molecule has 2 saturated carbocycles. The predicted octanol–water partition coefficient (Wildman–Crippen LogP) is 2.35. The van der Waals surface area contributed by atoms with Crippen LogP contribution < -0.4 is 5.32 Å². The molecule has 1 saturated heterocycles. The zero-order valence-corrected chi connectivity index (χ0v) is 11.3. The molecule has 3 rings (SSSR count). The van der Waals surface area contributed by atoms with E-state index in [1.807, 2.05) is 0 Å². The molecule has 0 spiro atoms. The molecule has 0 aromatic carbocycles. The molecule has 1 heterocycles. The molecule has 2 aliphatic carbocycles.